The molecule has 0 aromatic heterocycles. The molecule has 1 aliphatic rings. The minimum absolute atomic E-state index is 0.197. The summed E-state index contributed by atoms with van der Waals surface area (Å²) < 4.78 is 0. The largest absolute Gasteiger partial charge is 0.481 e. The number of allylic oxidation sites excluding steroid dienone is 2. The van der Waals surface area contributed by atoms with Gasteiger partial charge in [0.1, 0.15) is 0 Å². The summed E-state index contributed by atoms with van der Waals surface area (Å²) in [4.78, 5) is 23.6. The molecule has 0 spiro atoms. The lowest BCUT2D eigenvalue weighted by Gasteiger charge is -2.26. The molecule has 2 atom stereocenters. The Morgan fingerprint density at radius 3 is 2.57 bits per heavy atom. The third kappa shape index (κ3) is 3.90. The summed E-state index contributed by atoms with van der Waals surface area (Å²) in [7, 11) is 0. The number of carbonyl (C=O) groups is 2. The highest BCUT2D eigenvalue weighted by Gasteiger charge is 2.36. The van der Waals surface area contributed by atoms with Crippen molar-refractivity contribution >= 4 is 52.4 Å². The van der Waals surface area contributed by atoms with E-state index in [1.54, 1.807) is 18.2 Å². The van der Waals surface area contributed by atoms with Gasteiger partial charge < -0.3 is 10.4 Å². The van der Waals surface area contributed by atoms with Crippen molar-refractivity contribution in [1.82, 2.24) is 0 Å². The second kappa shape index (κ2) is 6.69. The molecule has 112 valence electrons. The molecule has 1 amide bonds. The molecular weight excluding hydrogens is 337 g/mol. The molecule has 0 heterocycles. The first kappa shape index (κ1) is 16.1. The first-order valence-corrected chi connectivity index (χ1v) is 7.35. The van der Waals surface area contributed by atoms with Crippen LogP contribution < -0.4 is 5.32 Å². The van der Waals surface area contributed by atoms with E-state index < -0.39 is 23.7 Å². The number of hydrogen-bond acceptors (Lipinski definition) is 2. The first-order valence-electron chi connectivity index (χ1n) is 6.21. The number of carboxylic acids is 1. The number of benzene rings is 1. The Morgan fingerprint density at radius 2 is 1.90 bits per heavy atom. The molecule has 0 radical (unpaired) electrons. The van der Waals surface area contributed by atoms with Crippen LogP contribution in [0.5, 0.6) is 0 Å². The third-order valence-corrected chi connectivity index (χ3v) is 4.21. The predicted octanol–water partition coefficient (Wildman–Crippen LogP) is 4.17. The van der Waals surface area contributed by atoms with E-state index in [1.807, 2.05) is 0 Å². The maximum atomic E-state index is 12.3. The van der Waals surface area contributed by atoms with Gasteiger partial charge >= 0.3 is 5.97 Å². The zero-order valence-corrected chi connectivity index (χ0v) is 13.0. The van der Waals surface area contributed by atoms with Crippen molar-refractivity contribution in [3.8, 4) is 0 Å². The minimum atomic E-state index is -1.02. The zero-order chi connectivity index (χ0) is 15.6. The van der Waals surface area contributed by atoms with Crippen molar-refractivity contribution in [1.29, 1.82) is 0 Å². The number of hydrogen-bond donors (Lipinski definition) is 2. The van der Waals surface area contributed by atoms with Crippen molar-refractivity contribution in [3.05, 3.63) is 39.4 Å². The summed E-state index contributed by atoms with van der Waals surface area (Å²) in [5.41, 5.74) is 0.351. The van der Waals surface area contributed by atoms with Gasteiger partial charge in [-0.25, -0.2) is 0 Å². The van der Waals surface area contributed by atoms with Gasteiger partial charge in [0, 0.05) is 10.1 Å². The molecule has 0 bridgehead atoms. The summed E-state index contributed by atoms with van der Waals surface area (Å²) in [5, 5.41) is 13.1. The molecule has 1 aromatic rings. The lowest BCUT2D eigenvalue weighted by molar-refractivity contribution is -0.146. The second-order valence-electron chi connectivity index (χ2n) is 4.76. The normalized spacial score (nSPS) is 21.6. The van der Waals surface area contributed by atoms with Crippen LogP contribution in [0.25, 0.3) is 0 Å². The van der Waals surface area contributed by atoms with Gasteiger partial charge in [-0.3, -0.25) is 9.59 Å². The topological polar surface area (TPSA) is 66.4 Å². The Bertz CT molecular complexity index is 615. The van der Waals surface area contributed by atoms with E-state index in [4.69, 9.17) is 34.8 Å². The van der Waals surface area contributed by atoms with Crippen LogP contribution in [0.15, 0.2) is 29.3 Å². The second-order valence-corrected chi connectivity index (χ2v) is 6.08. The molecule has 0 fully saturated rings. The standard InChI is InChI=1S/C14H12Cl3NO3/c15-7-1-3-9(14(20)21)10(5-7)13(19)18-12-6-8(16)2-4-11(12)17/h1-2,4,6,9-10H,3,5H2,(H,18,19)(H,20,21)/t9-,10-/m0/s1. The molecular formula is C14H12Cl3NO3. The molecule has 2 N–H and O–H groups in total. The van der Waals surface area contributed by atoms with Crippen molar-refractivity contribution in [2.75, 3.05) is 5.32 Å². The van der Waals surface area contributed by atoms with Crippen LogP contribution in [0.2, 0.25) is 10.0 Å². The Balaban J connectivity index is 2.20. The monoisotopic (exact) mass is 347 g/mol. The number of halogens is 3. The third-order valence-electron chi connectivity index (χ3n) is 3.33. The van der Waals surface area contributed by atoms with Gasteiger partial charge in [-0.2, -0.15) is 0 Å². The Morgan fingerprint density at radius 1 is 1.19 bits per heavy atom. The number of aliphatic carboxylic acids is 1. The average Bonchev–Trinajstić information content (AvgIpc) is 2.42. The lowest BCUT2D eigenvalue weighted by Crippen LogP contribution is -2.35. The summed E-state index contributed by atoms with van der Waals surface area (Å²) in [6.07, 6.45) is 2.06. The smallest absolute Gasteiger partial charge is 0.307 e. The summed E-state index contributed by atoms with van der Waals surface area (Å²) in [6, 6.07) is 4.67. The van der Waals surface area contributed by atoms with E-state index in [0.29, 0.717) is 20.8 Å². The molecule has 0 unspecified atom stereocenters. The Kier molecular flexibility index (Phi) is 5.14. The molecule has 4 nitrogen and oxygen atoms in total. The van der Waals surface area contributed by atoms with E-state index in [2.05, 4.69) is 5.32 Å². The maximum Gasteiger partial charge on any atom is 0.307 e. The molecule has 1 aliphatic carbocycles. The number of amides is 1. The van der Waals surface area contributed by atoms with Crippen LogP contribution in [-0.4, -0.2) is 17.0 Å². The van der Waals surface area contributed by atoms with E-state index >= 15 is 0 Å². The van der Waals surface area contributed by atoms with Crippen molar-refractivity contribution in [3.63, 3.8) is 0 Å². The first-order chi connectivity index (χ1) is 9.88. The average molecular weight is 349 g/mol. The van der Waals surface area contributed by atoms with E-state index in [9.17, 15) is 14.7 Å². The number of carboxylic acid groups (broad SMARTS) is 1. The molecule has 7 heteroatoms. The summed E-state index contributed by atoms with van der Waals surface area (Å²) in [6.45, 7) is 0. The van der Waals surface area contributed by atoms with E-state index in [0.717, 1.165) is 0 Å². The van der Waals surface area contributed by atoms with Crippen LogP contribution in [0.1, 0.15) is 12.8 Å². The van der Waals surface area contributed by atoms with Crippen LogP contribution in [0, 0.1) is 11.8 Å². The number of carbonyl (C=O) groups excluding carboxylic acids is 1. The van der Waals surface area contributed by atoms with Gasteiger partial charge in [0.15, 0.2) is 0 Å². The predicted molar refractivity (Wildman–Crippen MR) is 82.9 cm³/mol. The molecule has 0 saturated heterocycles. The molecule has 2 rings (SSSR count). The number of nitrogens with one attached hydrogen (secondary N) is 1. The quantitative estimate of drug-likeness (QED) is 0.861. The molecule has 0 saturated carbocycles. The van der Waals surface area contributed by atoms with Crippen molar-refractivity contribution < 1.29 is 14.7 Å². The zero-order valence-electron chi connectivity index (χ0n) is 10.8. The van der Waals surface area contributed by atoms with Gasteiger partial charge in [0.2, 0.25) is 5.91 Å². The Hall–Kier alpha value is -1.23. The highest BCUT2D eigenvalue weighted by Crippen LogP contribution is 2.34. The fourth-order valence-corrected chi connectivity index (χ4v) is 2.81. The number of rotatable bonds is 3. The minimum Gasteiger partial charge on any atom is -0.481 e. The van der Waals surface area contributed by atoms with E-state index in [-0.39, 0.29) is 12.8 Å². The fraction of sp³-hybridized carbons (Fsp3) is 0.286. The molecule has 1 aromatic carbocycles. The highest BCUT2D eigenvalue weighted by atomic mass is 35.5. The molecule has 0 aliphatic heterocycles. The Labute approximate surface area is 136 Å². The fourth-order valence-electron chi connectivity index (χ4n) is 2.22. The van der Waals surface area contributed by atoms with Gasteiger partial charge in [-0.05, 0) is 31.0 Å². The molecule has 21 heavy (non-hydrogen) atoms. The van der Waals surface area contributed by atoms with Gasteiger partial charge in [0.05, 0.1) is 22.5 Å². The lowest BCUT2D eigenvalue weighted by atomic mass is 9.82. The van der Waals surface area contributed by atoms with Crippen LogP contribution >= 0.6 is 34.8 Å². The van der Waals surface area contributed by atoms with Crippen molar-refractivity contribution in [2.24, 2.45) is 11.8 Å². The van der Waals surface area contributed by atoms with Gasteiger partial charge in [-0.15, -0.1) is 0 Å². The number of anilines is 1. The van der Waals surface area contributed by atoms with E-state index in [1.165, 1.54) is 6.07 Å². The van der Waals surface area contributed by atoms with Crippen LogP contribution in [-0.2, 0) is 9.59 Å². The van der Waals surface area contributed by atoms with Crippen LogP contribution in [0.3, 0.4) is 0 Å². The van der Waals surface area contributed by atoms with Gasteiger partial charge in [0.25, 0.3) is 0 Å². The highest BCUT2D eigenvalue weighted by molar-refractivity contribution is 6.35. The maximum absolute atomic E-state index is 12.3. The van der Waals surface area contributed by atoms with Gasteiger partial charge in [-0.1, -0.05) is 40.9 Å². The SMILES string of the molecule is O=C(O)[C@H]1CC=C(Cl)C[C@@H]1C(=O)Nc1cc(Cl)ccc1Cl. The summed E-state index contributed by atoms with van der Waals surface area (Å²) in [5.74, 6) is -2.99. The van der Waals surface area contributed by atoms with Crippen LogP contribution in [0.4, 0.5) is 5.69 Å². The summed E-state index contributed by atoms with van der Waals surface area (Å²) >= 11 is 17.8. The van der Waals surface area contributed by atoms with Crippen molar-refractivity contribution in [2.45, 2.75) is 12.8 Å².